The molecule has 1 atom stereocenters. The van der Waals surface area contributed by atoms with Crippen LogP contribution in [0, 0.1) is 5.92 Å². The molecule has 3 amide bonds. The Morgan fingerprint density at radius 3 is 2.28 bits per heavy atom. The third kappa shape index (κ3) is 5.84. The van der Waals surface area contributed by atoms with Crippen molar-refractivity contribution in [1.82, 2.24) is 20.5 Å². The summed E-state index contributed by atoms with van der Waals surface area (Å²) in [5.74, 6) is 0.0520. The number of hydrogen-bond acceptors (Lipinski definition) is 5. The van der Waals surface area contributed by atoms with Crippen LogP contribution in [0.1, 0.15) is 47.4 Å². The summed E-state index contributed by atoms with van der Waals surface area (Å²) in [6.45, 7) is 4.88. The molecule has 0 saturated carbocycles. The molecule has 0 aliphatic carbocycles. The number of amides is 3. The van der Waals surface area contributed by atoms with E-state index in [1.165, 1.54) is 6.20 Å². The SMILES string of the molecule is COc1ccc(C(=O)NC(C(=O)N2CCC(NC(=O)c3cccnc3)CC2)C(C)C)cc1. The van der Waals surface area contributed by atoms with Gasteiger partial charge in [0.15, 0.2) is 0 Å². The Balaban J connectivity index is 1.55. The summed E-state index contributed by atoms with van der Waals surface area (Å²) in [6.07, 6.45) is 4.48. The van der Waals surface area contributed by atoms with E-state index >= 15 is 0 Å². The highest BCUT2D eigenvalue weighted by Gasteiger charge is 2.31. The van der Waals surface area contributed by atoms with Gasteiger partial charge in [-0.2, -0.15) is 0 Å². The fourth-order valence-corrected chi connectivity index (χ4v) is 3.69. The molecule has 0 bridgehead atoms. The number of methoxy groups -OCH3 is 1. The molecule has 2 N–H and O–H groups in total. The predicted octanol–water partition coefficient (Wildman–Crippen LogP) is 2.27. The van der Waals surface area contributed by atoms with Crippen LogP contribution in [-0.4, -0.2) is 59.9 Å². The second kappa shape index (κ2) is 10.7. The molecule has 2 aromatic rings. The number of hydrogen-bond donors (Lipinski definition) is 2. The molecule has 1 aromatic carbocycles. The summed E-state index contributed by atoms with van der Waals surface area (Å²) < 4.78 is 5.12. The highest BCUT2D eigenvalue weighted by molar-refractivity contribution is 5.97. The van der Waals surface area contributed by atoms with Crippen LogP contribution in [0.25, 0.3) is 0 Å². The van der Waals surface area contributed by atoms with Gasteiger partial charge in [-0.25, -0.2) is 0 Å². The van der Waals surface area contributed by atoms with E-state index in [1.807, 2.05) is 13.8 Å². The molecule has 0 radical (unpaired) electrons. The average molecular weight is 439 g/mol. The maximum absolute atomic E-state index is 13.2. The van der Waals surface area contributed by atoms with Crippen LogP contribution in [0.15, 0.2) is 48.8 Å². The van der Waals surface area contributed by atoms with Crippen LogP contribution >= 0.6 is 0 Å². The second-order valence-corrected chi connectivity index (χ2v) is 8.24. The number of benzene rings is 1. The summed E-state index contributed by atoms with van der Waals surface area (Å²) in [5.41, 5.74) is 0.994. The van der Waals surface area contributed by atoms with Gasteiger partial charge in [0.2, 0.25) is 5.91 Å². The molecule has 2 heterocycles. The molecule has 32 heavy (non-hydrogen) atoms. The fourth-order valence-electron chi connectivity index (χ4n) is 3.69. The van der Waals surface area contributed by atoms with Crippen molar-refractivity contribution in [3.05, 3.63) is 59.9 Å². The molecule has 1 saturated heterocycles. The Kier molecular flexibility index (Phi) is 7.81. The maximum Gasteiger partial charge on any atom is 0.253 e. The summed E-state index contributed by atoms with van der Waals surface area (Å²) in [6, 6.07) is 9.60. The first-order valence-corrected chi connectivity index (χ1v) is 10.8. The summed E-state index contributed by atoms with van der Waals surface area (Å²) in [4.78, 5) is 43.9. The van der Waals surface area contributed by atoms with Crippen molar-refractivity contribution >= 4 is 17.7 Å². The lowest BCUT2D eigenvalue weighted by molar-refractivity contribution is -0.135. The fraction of sp³-hybridized carbons (Fsp3) is 0.417. The van der Waals surface area contributed by atoms with Crippen molar-refractivity contribution in [2.45, 2.75) is 38.8 Å². The Bertz CT molecular complexity index is 923. The standard InChI is InChI=1S/C24H30N4O4/c1-16(2)21(27-22(29)17-6-8-20(32-3)9-7-17)24(31)28-13-10-19(11-14-28)26-23(30)18-5-4-12-25-15-18/h4-9,12,15-16,19,21H,10-11,13-14H2,1-3H3,(H,26,30)(H,27,29). The van der Waals surface area contributed by atoms with Gasteiger partial charge >= 0.3 is 0 Å². The van der Waals surface area contributed by atoms with Crippen LogP contribution in [-0.2, 0) is 4.79 Å². The number of carbonyl (C=O) groups excluding carboxylic acids is 3. The molecule has 1 aromatic heterocycles. The van der Waals surface area contributed by atoms with Crippen LogP contribution in [0.3, 0.4) is 0 Å². The number of nitrogens with zero attached hydrogens (tertiary/aromatic N) is 2. The Morgan fingerprint density at radius 1 is 1.03 bits per heavy atom. The maximum atomic E-state index is 13.2. The minimum atomic E-state index is -0.619. The van der Waals surface area contributed by atoms with Gasteiger partial charge in [0.25, 0.3) is 11.8 Å². The van der Waals surface area contributed by atoms with Crippen molar-refractivity contribution in [1.29, 1.82) is 0 Å². The first kappa shape index (κ1) is 23.2. The number of nitrogens with one attached hydrogen (secondary N) is 2. The van der Waals surface area contributed by atoms with Crippen molar-refractivity contribution in [3.8, 4) is 5.75 Å². The first-order chi connectivity index (χ1) is 15.4. The third-order valence-electron chi connectivity index (χ3n) is 5.64. The minimum Gasteiger partial charge on any atom is -0.497 e. The van der Waals surface area contributed by atoms with Gasteiger partial charge in [-0.3, -0.25) is 19.4 Å². The number of ether oxygens (including phenoxy) is 1. The van der Waals surface area contributed by atoms with Crippen LogP contribution in [0.4, 0.5) is 0 Å². The zero-order valence-electron chi connectivity index (χ0n) is 18.7. The summed E-state index contributed by atoms with van der Waals surface area (Å²) in [7, 11) is 1.57. The second-order valence-electron chi connectivity index (χ2n) is 8.24. The van der Waals surface area contributed by atoms with Crippen molar-refractivity contribution in [2.24, 2.45) is 5.92 Å². The van der Waals surface area contributed by atoms with Crippen molar-refractivity contribution < 1.29 is 19.1 Å². The Morgan fingerprint density at radius 2 is 1.72 bits per heavy atom. The monoisotopic (exact) mass is 438 g/mol. The van der Waals surface area contributed by atoms with E-state index in [0.29, 0.717) is 42.8 Å². The molecule has 170 valence electrons. The zero-order chi connectivity index (χ0) is 23.1. The van der Waals surface area contributed by atoms with Gasteiger partial charge in [-0.05, 0) is 55.2 Å². The van der Waals surface area contributed by atoms with Crippen LogP contribution in [0.5, 0.6) is 5.75 Å². The lowest BCUT2D eigenvalue weighted by Crippen LogP contribution is -2.54. The number of rotatable bonds is 7. The van der Waals surface area contributed by atoms with E-state index in [4.69, 9.17) is 4.74 Å². The summed E-state index contributed by atoms with van der Waals surface area (Å²) in [5, 5.41) is 5.90. The topological polar surface area (TPSA) is 101 Å². The molecule has 8 nitrogen and oxygen atoms in total. The average Bonchev–Trinajstić information content (AvgIpc) is 2.82. The number of carbonyl (C=O) groups is 3. The van der Waals surface area contributed by atoms with Crippen molar-refractivity contribution in [3.63, 3.8) is 0 Å². The molecule has 3 rings (SSSR count). The van der Waals surface area contributed by atoms with E-state index in [9.17, 15) is 14.4 Å². The first-order valence-electron chi connectivity index (χ1n) is 10.8. The molecule has 1 unspecified atom stereocenters. The number of aromatic nitrogens is 1. The van der Waals surface area contributed by atoms with E-state index in [-0.39, 0.29) is 29.7 Å². The summed E-state index contributed by atoms with van der Waals surface area (Å²) >= 11 is 0. The molecular formula is C24H30N4O4. The van der Waals surface area contributed by atoms with E-state index in [1.54, 1.807) is 54.6 Å². The van der Waals surface area contributed by atoms with Crippen LogP contribution in [0.2, 0.25) is 0 Å². The molecular weight excluding hydrogens is 408 g/mol. The normalized spacial score (nSPS) is 15.2. The van der Waals surface area contributed by atoms with Gasteiger partial charge in [-0.15, -0.1) is 0 Å². The van der Waals surface area contributed by atoms with Crippen molar-refractivity contribution in [2.75, 3.05) is 20.2 Å². The van der Waals surface area contributed by atoms with Crippen LogP contribution < -0.4 is 15.4 Å². The van der Waals surface area contributed by atoms with Gasteiger partial charge in [0, 0.05) is 37.1 Å². The molecule has 0 spiro atoms. The number of piperidine rings is 1. The molecule has 8 heteroatoms. The smallest absolute Gasteiger partial charge is 0.253 e. The van der Waals surface area contributed by atoms with Gasteiger partial charge in [0.05, 0.1) is 12.7 Å². The Labute approximate surface area is 188 Å². The van der Waals surface area contributed by atoms with Gasteiger partial charge in [0.1, 0.15) is 11.8 Å². The lowest BCUT2D eigenvalue weighted by atomic mass is 9.99. The van der Waals surface area contributed by atoms with E-state index in [2.05, 4.69) is 15.6 Å². The highest BCUT2D eigenvalue weighted by atomic mass is 16.5. The molecule has 1 aliphatic rings. The quantitative estimate of drug-likeness (QED) is 0.691. The minimum absolute atomic E-state index is 0.00172. The number of pyridine rings is 1. The van der Waals surface area contributed by atoms with E-state index < -0.39 is 6.04 Å². The molecule has 1 aliphatic heterocycles. The zero-order valence-corrected chi connectivity index (χ0v) is 18.7. The highest BCUT2D eigenvalue weighted by Crippen LogP contribution is 2.16. The number of likely N-dealkylation sites (tertiary alicyclic amines) is 1. The predicted molar refractivity (Wildman–Crippen MR) is 120 cm³/mol. The van der Waals surface area contributed by atoms with Gasteiger partial charge < -0.3 is 20.3 Å². The molecule has 1 fully saturated rings. The lowest BCUT2D eigenvalue weighted by Gasteiger charge is -2.35. The Hall–Kier alpha value is -3.42. The van der Waals surface area contributed by atoms with Gasteiger partial charge in [-0.1, -0.05) is 13.8 Å². The third-order valence-corrected chi connectivity index (χ3v) is 5.64. The van der Waals surface area contributed by atoms with E-state index in [0.717, 1.165) is 0 Å². The largest absolute Gasteiger partial charge is 0.497 e.